The first-order valence-corrected chi connectivity index (χ1v) is 10.1. The van der Waals surface area contributed by atoms with Crippen LogP contribution in [0.4, 0.5) is 5.00 Å². The molecule has 0 fully saturated rings. The maximum Gasteiger partial charge on any atom is 0.310 e. The first-order chi connectivity index (χ1) is 14.0. The van der Waals surface area contributed by atoms with Crippen molar-refractivity contribution in [3.63, 3.8) is 0 Å². The Hall–Kier alpha value is -3.05. The first-order valence-electron chi connectivity index (χ1n) is 9.26. The van der Waals surface area contributed by atoms with Crippen molar-refractivity contribution in [3.8, 4) is 17.6 Å². The number of fused-ring (bicyclic) bond motifs is 1. The summed E-state index contributed by atoms with van der Waals surface area (Å²) >= 11 is 1.44. The summed E-state index contributed by atoms with van der Waals surface area (Å²) in [6.07, 6.45) is 3.96. The molecule has 0 bridgehead atoms. The van der Waals surface area contributed by atoms with E-state index in [1.165, 1.54) is 25.6 Å². The number of methoxy groups -OCH3 is 2. The van der Waals surface area contributed by atoms with Gasteiger partial charge in [0.25, 0.3) is 5.91 Å². The molecule has 8 heteroatoms. The fraction of sp³-hybridized carbons (Fsp3) is 0.381. The summed E-state index contributed by atoms with van der Waals surface area (Å²) in [5.41, 5.74) is 2.27. The zero-order chi connectivity index (χ0) is 20.8. The Morgan fingerprint density at radius 1 is 1.17 bits per heavy atom. The fourth-order valence-electron chi connectivity index (χ4n) is 3.29. The summed E-state index contributed by atoms with van der Waals surface area (Å²) in [5.74, 6) is 0.0938. The molecule has 152 valence electrons. The van der Waals surface area contributed by atoms with Crippen LogP contribution in [0.1, 0.15) is 34.4 Å². The number of ether oxygens (including phenoxy) is 3. The number of nitriles is 1. The number of esters is 1. The van der Waals surface area contributed by atoms with Crippen LogP contribution in [0.15, 0.2) is 18.2 Å². The van der Waals surface area contributed by atoms with Gasteiger partial charge in [-0.15, -0.1) is 11.3 Å². The highest BCUT2D eigenvalue weighted by Crippen LogP contribution is 2.37. The van der Waals surface area contributed by atoms with E-state index in [9.17, 15) is 14.9 Å². The lowest BCUT2D eigenvalue weighted by Crippen LogP contribution is -2.21. The van der Waals surface area contributed by atoms with Gasteiger partial charge >= 0.3 is 5.97 Å². The molecule has 1 N–H and O–H groups in total. The lowest BCUT2D eigenvalue weighted by Gasteiger charge is -2.10. The summed E-state index contributed by atoms with van der Waals surface area (Å²) in [6.45, 7) is -0.403. The number of amides is 1. The quantitative estimate of drug-likeness (QED) is 0.699. The maximum absolute atomic E-state index is 12.2. The number of nitrogens with zero attached hydrogens (tertiary/aromatic N) is 1. The van der Waals surface area contributed by atoms with Gasteiger partial charge in [-0.25, -0.2) is 0 Å². The fourth-order valence-corrected chi connectivity index (χ4v) is 4.55. The van der Waals surface area contributed by atoms with Gasteiger partial charge < -0.3 is 19.5 Å². The highest BCUT2D eigenvalue weighted by Gasteiger charge is 2.22. The molecule has 1 aromatic carbocycles. The number of aryl methyl sites for hydroxylation is 1. The lowest BCUT2D eigenvalue weighted by atomic mass is 9.96. The highest BCUT2D eigenvalue weighted by molar-refractivity contribution is 7.16. The maximum atomic E-state index is 12.2. The van der Waals surface area contributed by atoms with Crippen LogP contribution < -0.4 is 14.8 Å². The lowest BCUT2D eigenvalue weighted by molar-refractivity contribution is -0.146. The van der Waals surface area contributed by atoms with Crippen molar-refractivity contribution < 1.29 is 23.8 Å². The van der Waals surface area contributed by atoms with Crippen LogP contribution in [0.5, 0.6) is 11.5 Å². The average molecular weight is 414 g/mol. The number of rotatable bonds is 7. The van der Waals surface area contributed by atoms with E-state index in [4.69, 9.17) is 14.2 Å². The number of carbonyl (C=O) groups is 2. The highest BCUT2D eigenvalue weighted by atomic mass is 32.1. The van der Waals surface area contributed by atoms with Crippen LogP contribution in [0.2, 0.25) is 0 Å². The molecule has 0 radical (unpaired) electrons. The molecule has 1 aliphatic carbocycles. The third-order valence-electron chi connectivity index (χ3n) is 4.70. The molecular formula is C21H22N2O5S. The van der Waals surface area contributed by atoms with Crippen LogP contribution in [-0.4, -0.2) is 32.7 Å². The Bertz CT molecular complexity index is 961. The molecule has 7 nitrogen and oxygen atoms in total. The Labute approximate surface area is 173 Å². The summed E-state index contributed by atoms with van der Waals surface area (Å²) in [7, 11) is 3.05. The molecule has 0 aliphatic heterocycles. The third kappa shape index (κ3) is 4.87. The standard InChI is InChI=1S/C21H22N2O5S/c1-26-16-8-7-13(9-17(16)27-2)10-20(25)28-12-19(24)23-21-15(11-22)14-5-3-4-6-18(14)29-21/h7-9H,3-6,10,12H2,1-2H3,(H,23,24). The summed E-state index contributed by atoms with van der Waals surface area (Å²) < 4.78 is 15.5. The zero-order valence-electron chi connectivity index (χ0n) is 16.4. The van der Waals surface area contributed by atoms with E-state index in [1.807, 2.05) is 0 Å². The minimum absolute atomic E-state index is 0.00434. The Morgan fingerprint density at radius 3 is 2.66 bits per heavy atom. The molecule has 1 heterocycles. The zero-order valence-corrected chi connectivity index (χ0v) is 17.2. The molecule has 1 amide bonds. The van der Waals surface area contributed by atoms with Gasteiger partial charge in [-0.1, -0.05) is 6.07 Å². The molecule has 1 aliphatic rings. The van der Waals surface area contributed by atoms with E-state index in [1.54, 1.807) is 18.2 Å². The minimum Gasteiger partial charge on any atom is -0.493 e. The van der Waals surface area contributed by atoms with Crippen molar-refractivity contribution in [2.45, 2.75) is 32.1 Å². The van der Waals surface area contributed by atoms with Gasteiger partial charge in [-0.05, 0) is 48.9 Å². The molecular weight excluding hydrogens is 392 g/mol. The minimum atomic E-state index is -0.529. The molecule has 0 spiro atoms. The predicted molar refractivity (Wildman–Crippen MR) is 109 cm³/mol. The normalized spacial score (nSPS) is 12.4. The number of benzene rings is 1. The monoisotopic (exact) mass is 414 g/mol. The average Bonchev–Trinajstić information content (AvgIpc) is 3.08. The summed E-state index contributed by atoms with van der Waals surface area (Å²) in [4.78, 5) is 25.4. The Morgan fingerprint density at radius 2 is 1.93 bits per heavy atom. The van der Waals surface area contributed by atoms with Gasteiger partial charge in [0.2, 0.25) is 0 Å². The number of nitrogens with one attached hydrogen (secondary N) is 1. The Kier molecular flexibility index (Phi) is 6.73. The van der Waals surface area contributed by atoms with E-state index < -0.39 is 18.5 Å². The van der Waals surface area contributed by atoms with Gasteiger partial charge in [0.15, 0.2) is 18.1 Å². The van der Waals surface area contributed by atoms with Crippen molar-refractivity contribution in [3.05, 3.63) is 39.8 Å². The number of thiophene rings is 1. The summed E-state index contributed by atoms with van der Waals surface area (Å²) in [6, 6.07) is 7.32. The van der Waals surface area contributed by atoms with Crippen molar-refractivity contribution in [2.75, 3.05) is 26.1 Å². The van der Waals surface area contributed by atoms with Gasteiger partial charge in [-0.2, -0.15) is 5.26 Å². The number of anilines is 1. The van der Waals surface area contributed by atoms with Gasteiger partial charge in [0, 0.05) is 4.88 Å². The molecule has 0 saturated heterocycles. The van der Waals surface area contributed by atoms with Crippen LogP contribution in [-0.2, 0) is 33.6 Å². The molecule has 0 saturated carbocycles. The summed E-state index contributed by atoms with van der Waals surface area (Å²) in [5, 5.41) is 12.7. The SMILES string of the molecule is COc1ccc(CC(=O)OCC(=O)Nc2sc3c(c2C#N)CCCC3)cc1OC. The van der Waals surface area contributed by atoms with Gasteiger partial charge in [-0.3, -0.25) is 9.59 Å². The number of carbonyl (C=O) groups excluding carboxylic acids is 2. The number of hydrogen-bond acceptors (Lipinski definition) is 7. The van der Waals surface area contributed by atoms with E-state index in [-0.39, 0.29) is 6.42 Å². The van der Waals surface area contributed by atoms with Crippen molar-refractivity contribution >= 4 is 28.2 Å². The van der Waals surface area contributed by atoms with Crippen LogP contribution in [0.25, 0.3) is 0 Å². The molecule has 29 heavy (non-hydrogen) atoms. The molecule has 0 unspecified atom stereocenters. The first kappa shape index (κ1) is 20.7. The Balaban J connectivity index is 1.55. The van der Waals surface area contributed by atoms with Crippen molar-refractivity contribution in [1.29, 1.82) is 5.26 Å². The van der Waals surface area contributed by atoms with E-state index in [0.717, 1.165) is 36.1 Å². The van der Waals surface area contributed by atoms with Crippen LogP contribution in [0, 0.1) is 11.3 Å². The topological polar surface area (TPSA) is 97.6 Å². The second-order valence-corrected chi connectivity index (χ2v) is 7.71. The number of hydrogen-bond donors (Lipinski definition) is 1. The van der Waals surface area contributed by atoms with Gasteiger partial charge in [0.05, 0.1) is 26.2 Å². The second-order valence-electron chi connectivity index (χ2n) is 6.60. The van der Waals surface area contributed by atoms with Crippen molar-refractivity contribution in [2.24, 2.45) is 0 Å². The van der Waals surface area contributed by atoms with E-state index in [0.29, 0.717) is 27.6 Å². The molecule has 2 aromatic rings. The molecule has 1 aromatic heterocycles. The van der Waals surface area contributed by atoms with E-state index >= 15 is 0 Å². The smallest absolute Gasteiger partial charge is 0.310 e. The third-order valence-corrected chi connectivity index (χ3v) is 5.90. The van der Waals surface area contributed by atoms with Crippen molar-refractivity contribution in [1.82, 2.24) is 0 Å². The van der Waals surface area contributed by atoms with E-state index in [2.05, 4.69) is 11.4 Å². The predicted octanol–water partition coefficient (Wildman–Crippen LogP) is 3.24. The second kappa shape index (κ2) is 9.43. The largest absolute Gasteiger partial charge is 0.493 e. The molecule has 3 rings (SSSR count). The molecule has 0 atom stereocenters. The van der Waals surface area contributed by atoms with Crippen LogP contribution in [0.3, 0.4) is 0 Å². The van der Waals surface area contributed by atoms with Crippen LogP contribution >= 0.6 is 11.3 Å². The van der Waals surface area contributed by atoms with Gasteiger partial charge in [0.1, 0.15) is 11.1 Å².